The van der Waals surface area contributed by atoms with Crippen molar-refractivity contribution >= 4 is 0 Å². The summed E-state index contributed by atoms with van der Waals surface area (Å²) in [5, 5.41) is 0. The first-order valence-electron chi connectivity index (χ1n) is 5.55. The van der Waals surface area contributed by atoms with Crippen LogP contribution in [0.25, 0.3) is 0 Å². The zero-order valence-corrected chi connectivity index (χ0v) is 9.95. The van der Waals surface area contributed by atoms with Gasteiger partial charge in [-0.05, 0) is 26.2 Å². The normalized spacial score (nSPS) is 15.9. The summed E-state index contributed by atoms with van der Waals surface area (Å²) >= 11 is 0. The maximum atomic E-state index is 5.65. The molecule has 0 aliphatic rings. The van der Waals surface area contributed by atoms with Crippen LogP contribution in [0.5, 0.6) is 0 Å². The van der Waals surface area contributed by atoms with Gasteiger partial charge in [0, 0.05) is 19.8 Å². The monoisotopic (exact) mass is 203 g/mol. The van der Waals surface area contributed by atoms with Crippen molar-refractivity contribution in [2.45, 2.75) is 46.3 Å². The van der Waals surface area contributed by atoms with Crippen molar-refractivity contribution in [3.8, 4) is 0 Å². The van der Waals surface area contributed by atoms with E-state index in [2.05, 4.69) is 20.8 Å². The molecule has 0 amide bonds. The van der Waals surface area contributed by atoms with Crippen LogP contribution in [-0.2, 0) is 9.47 Å². The van der Waals surface area contributed by atoms with Crippen molar-refractivity contribution in [2.24, 2.45) is 11.7 Å². The summed E-state index contributed by atoms with van der Waals surface area (Å²) in [4.78, 5) is 0. The summed E-state index contributed by atoms with van der Waals surface area (Å²) in [7, 11) is 0. The Morgan fingerprint density at radius 3 is 2.21 bits per heavy atom. The quantitative estimate of drug-likeness (QED) is 0.654. The lowest BCUT2D eigenvalue weighted by Gasteiger charge is -2.19. The Labute approximate surface area is 88.0 Å². The van der Waals surface area contributed by atoms with Crippen molar-refractivity contribution < 1.29 is 9.47 Å². The summed E-state index contributed by atoms with van der Waals surface area (Å²) < 4.78 is 11.1. The first-order valence-corrected chi connectivity index (χ1v) is 5.55. The molecule has 0 aromatic rings. The lowest BCUT2D eigenvalue weighted by molar-refractivity contribution is -0.00307. The Morgan fingerprint density at radius 1 is 1.14 bits per heavy atom. The van der Waals surface area contributed by atoms with E-state index >= 15 is 0 Å². The molecule has 2 N–H and O–H groups in total. The maximum Gasteiger partial charge on any atom is 0.0719 e. The van der Waals surface area contributed by atoms with Gasteiger partial charge in [-0.2, -0.15) is 0 Å². The van der Waals surface area contributed by atoms with Crippen LogP contribution in [0.15, 0.2) is 0 Å². The molecule has 0 bridgehead atoms. The molecule has 86 valence electrons. The van der Waals surface area contributed by atoms with Crippen LogP contribution in [0.2, 0.25) is 0 Å². The molecular formula is C11H25NO2. The molecule has 0 aliphatic heterocycles. The van der Waals surface area contributed by atoms with Gasteiger partial charge in [0.2, 0.25) is 0 Å². The molecule has 0 saturated carbocycles. The highest BCUT2D eigenvalue weighted by molar-refractivity contribution is 4.60. The van der Waals surface area contributed by atoms with Crippen LogP contribution < -0.4 is 5.73 Å². The fraction of sp³-hybridized carbons (Fsp3) is 1.00. The van der Waals surface area contributed by atoms with Crippen LogP contribution in [0.1, 0.15) is 34.1 Å². The Kier molecular flexibility index (Phi) is 8.14. The number of rotatable bonds is 8. The van der Waals surface area contributed by atoms with E-state index in [4.69, 9.17) is 15.2 Å². The van der Waals surface area contributed by atoms with E-state index in [0.29, 0.717) is 18.6 Å². The lowest BCUT2D eigenvalue weighted by atomic mass is 10.1. The minimum Gasteiger partial charge on any atom is -0.378 e. The van der Waals surface area contributed by atoms with Crippen molar-refractivity contribution in [3.63, 3.8) is 0 Å². The van der Waals surface area contributed by atoms with Crippen molar-refractivity contribution in [1.82, 2.24) is 0 Å². The fourth-order valence-electron chi connectivity index (χ4n) is 1.08. The first kappa shape index (κ1) is 13.9. The molecular weight excluding hydrogens is 178 g/mol. The predicted molar refractivity (Wildman–Crippen MR) is 59.3 cm³/mol. The van der Waals surface area contributed by atoms with Gasteiger partial charge in [0.05, 0.1) is 12.2 Å². The lowest BCUT2D eigenvalue weighted by Crippen LogP contribution is -2.26. The van der Waals surface area contributed by atoms with E-state index in [9.17, 15) is 0 Å². The number of hydrogen-bond acceptors (Lipinski definition) is 3. The molecule has 0 aromatic heterocycles. The van der Waals surface area contributed by atoms with Gasteiger partial charge in [0.25, 0.3) is 0 Å². The summed E-state index contributed by atoms with van der Waals surface area (Å²) in [6.07, 6.45) is 1.36. The molecule has 2 unspecified atom stereocenters. The van der Waals surface area contributed by atoms with E-state index < -0.39 is 0 Å². The van der Waals surface area contributed by atoms with E-state index in [1.54, 1.807) is 0 Å². The van der Waals surface area contributed by atoms with Crippen LogP contribution in [0.3, 0.4) is 0 Å². The maximum absolute atomic E-state index is 5.65. The van der Waals surface area contributed by atoms with Crippen LogP contribution in [-0.4, -0.2) is 32.0 Å². The molecule has 0 aromatic carbocycles. The molecule has 3 nitrogen and oxygen atoms in total. The molecule has 0 fully saturated rings. The molecule has 0 aliphatic carbocycles. The molecule has 3 heteroatoms. The average molecular weight is 203 g/mol. The van der Waals surface area contributed by atoms with Gasteiger partial charge in [0.15, 0.2) is 0 Å². The highest BCUT2D eigenvalue weighted by atomic mass is 16.5. The molecule has 0 saturated heterocycles. The summed E-state index contributed by atoms with van der Waals surface area (Å²) in [5.41, 5.74) is 5.55. The third kappa shape index (κ3) is 6.35. The van der Waals surface area contributed by atoms with Crippen LogP contribution in [0.4, 0.5) is 0 Å². The van der Waals surface area contributed by atoms with Gasteiger partial charge in [-0.15, -0.1) is 0 Å². The van der Waals surface area contributed by atoms with Gasteiger partial charge in [-0.3, -0.25) is 0 Å². The van der Waals surface area contributed by atoms with Gasteiger partial charge in [0.1, 0.15) is 0 Å². The van der Waals surface area contributed by atoms with E-state index in [0.717, 1.165) is 19.6 Å². The largest absolute Gasteiger partial charge is 0.378 e. The SMILES string of the molecule is CCOC(CN)CCOC(C)C(C)C. The minimum atomic E-state index is 0.152. The molecule has 0 radical (unpaired) electrons. The minimum absolute atomic E-state index is 0.152. The summed E-state index contributed by atoms with van der Waals surface area (Å²) in [5.74, 6) is 0.568. The van der Waals surface area contributed by atoms with Crippen molar-refractivity contribution in [3.05, 3.63) is 0 Å². The van der Waals surface area contributed by atoms with E-state index in [1.807, 2.05) is 6.92 Å². The van der Waals surface area contributed by atoms with E-state index in [-0.39, 0.29) is 6.10 Å². The Morgan fingerprint density at radius 2 is 1.79 bits per heavy atom. The molecule has 0 rings (SSSR count). The van der Waals surface area contributed by atoms with Gasteiger partial charge < -0.3 is 15.2 Å². The van der Waals surface area contributed by atoms with E-state index in [1.165, 1.54) is 0 Å². The number of ether oxygens (including phenoxy) is 2. The summed E-state index contributed by atoms with van der Waals surface area (Å²) in [6.45, 7) is 10.4. The Balaban J connectivity index is 3.50. The molecule has 0 heterocycles. The van der Waals surface area contributed by atoms with Crippen molar-refractivity contribution in [2.75, 3.05) is 19.8 Å². The fourth-order valence-corrected chi connectivity index (χ4v) is 1.08. The van der Waals surface area contributed by atoms with Crippen molar-refractivity contribution in [1.29, 1.82) is 0 Å². The second-order valence-electron chi connectivity index (χ2n) is 3.92. The second kappa shape index (κ2) is 8.21. The highest BCUT2D eigenvalue weighted by Gasteiger charge is 2.09. The van der Waals surface area contributed by atoms with Gasteiger partial charge in [-0.1, -0.05) is 13.8 Å². The number of hydrogen-bond donors (Lipinski definition) is 1. The topological polar surface area (TPSA) is 44.5 Å². The third-order valence-electron chi connectivity index (χ3n) is 2.42. The van der Waals surface area contributed by atoms with Crippen LogP contribution in [0, 0.1) is 5.92 Å². The average Bonchev–Trinajstić information content (AvgIpc) is 2.16. The van der Waals surface area contributed by atoms with Crippen LogP contribution >= 0.6 is 0 Å². The predicted octanol–water partition coefficient (Wildman–Crippen LogP) is 1.80. The van der Waals surface area contributed by atoms with Gasteiger partial charge >= 0.3 is 0 Å². The molecule has 0 spiro atoms. The zero-order valence-electron chi connectivity index (χ0n) is 9.95. The first-order chi connectivity index (χ1) is 6.61. The third-order valence-corrected chi connectivity index (χ3v) is 2.42. The summed E-state index contributed by atoms with van der Waals surface area (Å²) in [6, 6.07) is 0. The highest BCUT2D eigenvalue weighted by Crippen LogP contribution is 2.06. The number of nitrogens with two attached hydrogens (primary N) is 1. The molecule has 14 heavy (non-hydrogen) atoms. The second-order valence-corrected chi connectivity index (χ2v) is 3.92. The molecule has 2 atom stereocenters. The van der Waals surface area contributed by atoms with Gasteiger partial charge in [-0.25, -0.2) is 0 Å². The smallest absolute Gasteiger partial charge is 0.0719 e. The Bertz CT molecular complexity index is 128. The standard InChI is InChI=1S/C11H25NO2/c1-5-13-11(8-12)6-7-14-10(4)9(2)3/h9-11H,5-8,12H2,1-4H3. The Hall–Kier alpha value is -0.120. The zero-order chi connectivity index (χ0) is 11.0.